The highest BCUT2D eigenvalue weighted by atomic mass is 16.2. The highest BCUT2D eigenvalue weighted by molar-refractivity contribution is 5.77. The van der Waals surface area contributed by atoms with Crippen molar-refractivity contribution in [2.24, 2.45) is 0 Å². The van der Waals surface area contributed by atoms with Gasteiger partial charge in [-0.1, -0.05) is 18.2 Å². The number of hydrogen-bond acceptors (Lipinski definition) is 4. The largest absolute Gasteiger partial charge is 0.354 e. The molecular formula is C19H24N4O. The Morgan fingerprint density at radius 3 is 2.79 bits per heavy atom. The number of nitrogens with one attached hydrogen (secondary N) is 1. The van der Waals surface area contributed by atoms with Gasteiger partial charge >= 0.3 is 0 Å². The zero-order valence-corrected chi connectivity index (χ0v) is 14.3. The van der Waals surface area contributed by atoms with E-state index in [0.717, 1.165) is 19.4 Å². The number of aryl methyl sites for hydroxylation is 2. The molecule has 1 aromatic heterocycles. The first-order valence-electron chi connectivity index (χ1n) is 8.52. The van der Waals surface area contributed by atoms with Gasteiger partial charge in [-0.15, -0.1) is 0 Å². The lowest BCUT2D eigenvalue weighted by Gasteiger charge is -2.26. The van der Waals surface area contributed by atoms with Crippen LogP contribution in [0.25, 0.3) is 0 Å². The van der Waals surface area contributed by atoms with E-state index < -0.39 is 0 Å². The Kier molecular flexibility index (Phi) is 5.08. The summed E-state index contributed by atoms with van der Waals surface area (Å²) in [4.78, 5) is 22.9. The highest BCUT2D eigenvalue weighted by Crippen LogP contribution is 2.33. The van der Waals surface area contributed by atoms with Crippen molar-refractivity contribution in [3.8, 4) is 0 Å². The van der Waals surface area contributed by atoms with Crippen LogP contribution in [-0.2, 0) is 4.79 Å². The van der Waals surface area contributed by atoms with Crippen LogP contribution < -0.4 is 5.32 Å². The van der Waals surface area contributed by atoms with Crippen LogP contribution in [0.1, 0.15) is 42.0 Å². The Morgan fingerprint density at radius 2 is 2.04 bits per heavy atom. The van der Waals surface area contributed by atoms with Crippen molar-refractivity contribution in [3.63, 3.8) is 0 Å². The van der Waals surface area contributed by atoms with Gasteiger partial charge in [0, 0.05) is 31.9 Å². The van der Waals surface area contributed by atoms with Gasteiger partial charge in [-0.05, 0) is 49.4 Å². The number of amides is 1. The van der Waals surface area contributed by atoms with Crippen LogP contribution in [0.3, 0.4) is 0 Å². The van der Waals surface area contributed by atoms with Gasteiger partial charge in [0.15, 0.2) is 0 Å². The predicted octanol–water partition coefficient (Wildman–Crippen LogP) is 3.26. The van der Waals surface area contributed by atoms with Gasteiger partial charge < -0.3 is 10.2 Å². The van der Waals surface area contributed by atoms with Crippen molar-refractivity contribution in [2.45, 2.75) is 39.2 Å². The minimum absolute atomic E-state index is 0.194. The summed E-state index contributed by atoms with van der Waals surface area (Å²) in [5.74, 6) is 0.761. The van der Waals surface area contributed by atoms with E-state index in [4.69, 9.17) is 0 Å². The fourth-order valence-corrected chi connectivity index (χ4v) is 3.20. The monoisotopic (exact) mass is 324 g/mol. The second-order valence-corrected chi connectivity index (χ2v) is 6.34. The Bertz CT molecular complexity index is 702. The molecule has 1 aliphatic heterocycles. The third-order valence-corrected chi connectivity index (χ3v) is 4.68. The van der Waals surface area contributed by atoms with E-state index in [1.54, 1.807) is 18.5 Å². The molecule has 5 heteroatoms. The maximum Gasteiger partial charge on any atom is 0.224 e. The van der Waals surface area contributed by atoms with E-state index in [2.05, 4.69) is 47.3 Å². The Labute approximate surface area is 143 Å². The van der Waals surface area contributed by atoms with E-state index in [1.807, 2.05) is 4.90 Å². The molecule has 0 saturated carbocycles. The molecule has 0 bridgehead atoms. The lowest BCUT2D eigenvalue weighted by Crippen LogP contribution is -2.31. The topological polar surface area (TPSA) is 58.1 Å². The molecule has 1 unspecified atom stereocenters. The third-order valence-electron chi connectivity index (χ3n) is 4.68. The quantitative estimate of drug-likeness (QED) is 0.917. The summed E-state index contributed by atoms with van der Waals surface area (Å²) in [6, 6.07) is 8.52. The van der Waals surface area contributed by atoms with Crippen molar-refractivity contribution in [3.05, 3.63) is 53.3 Å². The van der Waals surface area contributed by atoms with Crippen LogP contribution in [-0.4, -0.2) is 33.9 Å². The number of benzene rings is 1. The molecule has 1 amide bonds. The standard InChI is InChI=1S/C19H24N4O/c1-14-6-7-16(13-15(14)2)17-5-3-12-23(17)18(24)8-11-22-19-20-9-4-10-21-19/h4,6-7,9-10,13,17H,3,5,8,11-12H2,1-2H3,(H,20,21,22). The van der Waals surface area contributed by atoms with E-state index in [9.17, 15) is 4.79 Å². The molecule has 3 rings (SSSR count). The van der Waals surface area contributed by atoms with Gasteiger partial charge in [0.1, 0.15) is 0 Å². The van der Waals surface area contributed by atoms with E-state index >= 15 is 0 Å². The highest BCUT2D eigenvalue weighted by Gasteiger charge is 2.29. The lowest BCUT2D eigenvalue weighted by molar-refractivity contribution is -0.131. The predicted molar refractivity (Wildman–Crippen MR) is 94.7 cm³/mol. The number of hydrogen-bond donors (Lipinski definition) is 1. The lowest BCUT2D eigenvalue weighted by atomic mass is 9.99. The molecule has 24 heavy (non-hydrogen) atoms. The molecule has 0 aliphatic carbocycles. The second-order valence-electron chi connectivity index (χ2n) is 6.34. The molecule has 1 fully saturated rings. The van der Waals surface area contributed by atoms with E-state index in [1.165, 1.54) is 16.7 Å². The molecule has 1 atom stereocenters. The van der Waals surface area contributed by atoms with Gasteiger partial charge in [0.25, 0.3) is 0 Å². The Morgan fingerprint density at radius 1 is 1.25 bits per heavy atom. The molecule has 0 radical (unpaired) electrons. The van der Waals surface area contributed by atoms with Crippen molar-refractivity contribution in [1.82, 2.24) is 14.9 Å². The summed E-state index contributed by atoms with van der Waals surface area (Å²) >= 11 is 0. The van der Waals surface area contributed by atoms with E-state index in [-0.39, 0.29) is 11.9 Å². The van der Waals surface area contributed by atoms with Gasteiger partial charge in [0.2, 0.25) is 11.9 Å². The average Bonchev–Trinajstić information content (AvgIpc) is 3.08. The first kappa shape index (κ1) is 16.4. The molecule has 2 heterocycles. The van der Waals surface area contributed by atoms with Crippen molar-refractivity contribution in [1.29, 1.82) is 0 Å². The summed E-state index contributed by atoms with van der Waals surface area (Å²) in [5, 5.41) is 3.10. The van der Waals surface area contributed by atoms with Crippen molar-refractivity contribution >= 4 is 11.9 Å². The SMILES string of the molecule is Cc1ccc(C2CCCN2C(=O)CCNc2ncccn2)cc1C. The fraction of sp³-hybridized carbons (Fsp3) is 0.421. The van der Waals surface area contributed by atoms with Crippen LogP contribution in [0, 0.1) is 13.8 Å². The third kappa shape index (κ3) is 3.72. The van der Waals surface area contributed by atoms with Gasteiger partial charge in [-0.2, -0.15) is 0 Å². The summed E-state index contributed by atoms with van der Waals surface area (Å²) in [5.41, 5.74) is 3.83. The fourth-order valence-electron chi connectivity index (χ4n) is 3.20. The molecule has 1 N–H and O–H groups in total. The summed E-state index contributed by atoms with van der Waals surface area (Å²) < 4.78 is 0. The number of nitrogens with zero attached hydrogens (tertiary/aromatic N) is 3. The molecule has 1 aliphatic rings. The minimum atomic E-state index is 0.194. The van der Waals surface area contributed by atoms with Crippen LogP contribution in [0.15, 0.2) is 36.7 Å². The second kappa shape index (κ2) is 7.43. The number of aromatic nitrogens is 2. The molecular weight excluding hydrogens is 300 g/mol. The molecule has 126 valence electrons. The maximum atomic E-state index is 12.6. The Balaban J connectivity index is 1.60. The summed E-state index contributed by atoms with van der Waals surface area (Å²) in [6.07, 6.45) is 5.95. The van der Waals surface area contributed by atoms with Crippen molar-refractivity contribution < 1.29 is 4.79 Å². The van der Waals surface area contributed by atoms with Crippen LogP contribution >= 0.6 is 0 Å². The zero-order valence-electron chi connectivity index (χ0n) is 14.3. The number of carbonyl (C=O) groups is 1. The number of carbonyl (C=O) groups excluding carboxylic acids is 1. The molecule has 2 aromatic rings. The van der Waals surface area contributed by atoms with E-state index in [0.29, 0.717) is 18.9 Å². The molecule has 5 nitrogen and oxygen atoms in total. The normalized spacial score (nSPS) is 17.1. The van der Waals surface area contributed by atoms with Crippen molar-refractivity contribution in [2.75, 3.05) is 18.4 Å². The van der Waals surface area contributed by atoms with Gasteiger partial charge in [-0.25, -0.2) is 9.97 Å². The number of likely N-dealkylation sites (tertiary alicyclic amines) is 1. The van der Waals surface area contributed by atoms with Crippen LogP contribution in [0.4, 0.5) is 5.95 Å². The summed E-state index contributed by atoms with van der Waals surface area (Å²) in [6.45, 7) is 5.65. The molecule has 0 spiro atoms. The average molecular weight is 324 g/mol. The summed E-state index contributed by atoms with van der Waals surface area (Å²) in [7, 11) is 0. The first-order chi connectivity index (χ1) is 11.6. The molecule has 1 aromatic carbocycles. The number of rotatable bonds is 5. The number of anilines is 1. The van der Waals surface area contributed by atoms with Gasteiger partial charge in [0.05, 0.1) is 6.04 Å². The smallest absolute Gasteiger partial charge is 0.224 e. The first-order valence-corrected chi connectivity index (χ1v) is 8.52. The Hall–Kier alpha value is -2.43. The van der Waals surface area contributed by atoms with Crippen LogP contribution in [0.2, 0.25) is 0 Å². The molecule has 1 saturated heterocycles. The maximum absolute atomic E-state index is 12.6. The zero-order chi connectivity index (χ0) is 16.9. The van der Waals surface area contributed by atoms with Crippen LogP contribution in [0.5, 0.6) is 0 Å². The minimum Gasteiger partial charge on any atom is -0.354 e. The van der Waals surface area contributed by atoms with Gasteiger partial charge in [-0.3, -0.25) is 4.79 Å².